The summed E-state index contributed by atoms with van der Waals surface area (Å²) in [7, 11) is 1.84. The highest BCUT2D eigenvalue weighted by molar-refractivity contribution is 5.65. The van der Waals surface area contributed by atoms with Crippen LogP contribution in [0.2, 0.25) is 0 Å². The number of nitrogens with one attached hydrogen (secondary N) is 1. The fourth-order valence-electron chi connectivity index (χ4n) is 1.68. The van der Waals surface area contributed by atoms with Gasteiger partial charge in [0.25, 0.3) is 5.56 Å². The van der Waals surface area contributed by atoms with E-state index < -0.39 is 0 Å². The lowest BCUT2D eigenvalue weighted by Crippen LogP contribution is -2.03. The van der Waals surface area contributed by atoms with Crippen molar-refractivity contribution in [3.8, 4) is 11.1 Å². The first-order valence-electron chi connectivity index (χ1n) is 4.92. The molecule has 0 saturated carbocycles. The number of hydrogen-bond donors (Lipinski definition) is 1. The quantitative estimate of drug-likeness (QED) is 0.754. The maximum atomic E-state index is 11.7. The van der Waals surface area contributed by atoms with Crippen molar-refractivity contribution in [1.29, 1.82) is 0 Å². The van der Waals surface area contributed by atoms with Crippen molar-refractivity contribution in [2.75, 3.05) is 0 Å². The van der Waals surface area contributed by atoms with E-state index in [4.69, 9.17) is 0 Å². The van der Waals surface area contributed by atoms with Crippen molar-refractivity contribution in [2.45, 2.75) is 13.8 Å². The van der Waals surface area contributed by atoms with Gasteiger partial charge in [0.2, 0.25) is 0 Å². The summed E-state index contributed by atoms with van der Waals surface area (Å²) in [5.41, 5.74) is 3.86. The molecule has 0 bridgehead atoms. The monoisotopic (exact) mass is 202 g/mol. The lowest BCUT2D eigenvalue weighted by molar-refractivity contribution is 0.731. The summed E-state index contributed by atoms with van der Waals surface area (Å²) in [5, 5.41) is 2.75. The minimum atomic E-state index is -0.0288. The van der Waals surface area contributed by atoms with E-state index in [1.165, 1.54) is 5.56 Å². The summed E-state index contributed by atoms with van der Waals surface area (Å²) in [4.78, 5) is 11.7. The Balaban J connectivity index is 2.64. The smallest absolute Gasteiger partial charge is 0.272 e. The zero-order valence-corrected chi connectivity index (χ0v) is 9.16. The second-order valence-electron chi connectivity index (χ2n) is 3.83. The SMILES string of the molecule is Cc1ccc(-c2c(C)n(C)[nH]c2=O)cc1. The highest BCUT2D eigenvalue weighted by Gasteiger charge is 2.10. The Hall–Kier alpha value is -1.77. The van der Waals surface area contributed by atoms with Gasteiger partial charge in [-0.1, -0.05) is 29.8 Å². The molecule has 3 heteroatoms. The van der Waals surface area contributed by atoms with Crippen LogP contribution in [0.25, 0.3) is 11.1 Å². The molecule has 1 aromatic heterocycles. The van der Waals surface area contributed by atoms with Gasteiger partial charge in [-0.15, -0.1) is 0 Å². The maximum Gasteiger partial charge on any atom is 0.272 e. The molecule has 15 heavy (non-hydrogen) atoms. The summed E-state index contributed by atoms with van der Waals surface area (Å²) in [6.45, 7) is 3.97. The Bertz CT molecular complexity index is 532. The van der Waals surface area contributed by atoms with Crippen molar-refractivity contribution >= 4 is 0 Å². The molecule has 0 fully saturated rings. The number of benzene rings is 1. The predicted molar refractivity (Wildman–Crippen MR) is 60.9 cm³/mol. The Morgan fingerprint density at radius 3 is 2.20 bits per heavy atom. The molecular weight excluding hydrogens is 188 g/mol. The van der Waals surface area contributed by atoms with Crippen LogP contribution in [0.5, 0.6) is 0 Å². The standard InChI is InChI=1S/C12H14N2O/c1-8-4-6-10(7-5-8)11-9(2)14(3)13-12(11)15/h4-7H,1-3H3,(H,13,15). The van der Waals surface area contributed by atoms with Crippen LogP contribution >= 0.6 is 0 Å². The van der Waals surface area contributed by atoms with Gasteiger partial charge in [0.15, 0.2) is 0 Å². The van der Waals surface area contributed by atoms with Gasteiger partial charge in [-0.2, -0.15) is 0 Å². The van der Waals surface area contributed by atoms with Gasteiger partial charge in [0, 0.05) is 12.7 Å². The first-order valence-corrected chi connectivity index (χ1v) is 4.92. The minimum absolute atomic E-state index is 0.0288. The Labute approximate surface area is 88.4 Å². The van der Waals surface area contributed by atoms with E-state index in [0.717, 1.165) is 16.8 Å². The molecule has 2 aromatic rings. The maximum absolute atomic E-state index is 11.7. The van der Waals surface area contributed by atoms with Gasteiger partial charge in [0.05, 0.1) is 5.56 Å². The summed E-state index contributed by atoms with van der Waals surface area (Å²) < 4.78 is 1.75. The van der Waals surface area contributed by atoms with Crippen LogP contribution in [0.15, 0.2) is 29.1 Å². The molecular formula is C12H14N2O. The van der Waals surface area contributed by atoms with Crippen LogP contribution < -0.4 is 5.56 Å². The van der Waals surface area contributed by atoms with Crippen LogP contribution in [0.1, 0.15) is 11.3 Å². The Morgan fingerprint density at radius 1 is 1.13 bits per heavy atom. The first kappa shape index (κ1) is 9.77. The van der Waals surface area contributed by atoms with Gasteiger partial charge < -0.3 is 0 Å². The van der Waals surface area contributed by atoms with E-state index in [0.29, 0.717) is 0 Å². The average Bonchev–Trinajstić information content (AvgIpc) is 2.44. The Kier molecular flexibility index (Phi) is 2.23. The van der Waals surface area contributed by atoms with Gasteiger partial charge in [-0.3, -0.25) is 14.6 Å². The third-order valence-corrected chi connectivity index (χ3v) is 2.70. The number of nitrogens with zero attached hydrogens (tertiary/aromatic N) is 1. The molecule has 1 aromatic carbocycles. The summed E-state index contributed by atoms with van der Waals surface area (Å²) >= 11 is 0. The molecule has 0 spiro atoms. The average molecular weight is 202 g/mol. The largest absolute Gasteiger partial charge is 0.292 e. The molecule has 3 nitrogen and oxygen atoms in total. The molecule has 0 aliphatic heterocycles. The molecule has 0 aliphatic rings. The molecule has 2 rings (SSSR count). The molecule has 1 N–H and O–H groups in total. The van der Waals surface area contributed by atoms with Crippen molar-refractivity contribution in [1.82, 2.24) is 9.78 Å². The third kappa shape index (κ3) is 1.61. The van der Waals surface area contributed by atoms with E-state index in [1.807, 2.05) is 45.2 Å². The van der Waals surface area contributed by atoms with Crippen LogP contribution in [-0.4, -0.2) is 9.78 Å². The van der Waals surface area contributed by atoms with Gasteiger partial charge in [-0.25, -0.2) is 0 Å². The molecule has 0 unspecified atom stereocenters. The zero-order chi connectivity index (χ0) is 11.0. The lowest BCUT2D eigenvalue weighted by Gasteiger charge is -2.00. The van der Waals surface area contributed by atoms with Gasteiger partial charge >= 0.3 is 0 Å². The molecule has 1 heterocycles. The molecule has 0 radical (unpaired) electrons. The molecule has 0 aliphatic carbocycles. The van der Waals surface area contributed by atoms with Crippen molar-refractivity contribution < 1.29 is 0 Å². The van der Waals surface area contributed by atoms with Crippen molar-refractivity contribution in [2.24, 2.45) is 7.05 Å². The normalized spacial score (nSPS) is 10.6. The lowest BCUT2D eigenvalue weighted by atomic mass is 10.1. The fourth-order valence-corrected chi connectivity index (χ4v) is 1.68. The summed E-state index contributed by atoms with van der Waals surface area (Å²) in [5.74, 6) is 0. The summed E-state index contributed by atoms with van der Waals surface area (Å²) in [6.07, 6.45) is 0. The number of aryl methyl sites for hydroxylation is 2. The molecule has 78 valence electrons. The van der Waals surface area contributed by atoms with Crippen LogP contribution in [-0.2, 0) is 7.05 Å². The third-order valence-electron chi connectivity index (χ3n) is 2.70. The van der Waals surface area contributed by atoms with E-state index >= 15 is 0 Å². The number of aromatic nitrogens is 2. The Morgan fingerprint density at radius 2 is 1.73 bits per heavy atom. The van der Waals surface area contributed by atoms with Crippen molar-refractivity contribution in [3.63, 3.8) is 0 Å². The van der Waals surface area contributed by atoms with E-state index in [-0.39, 0.29) is 5.56 Å². The van der Waals surface area contributed by atoms with Crippen molar-refractivity contribution in [3.05, 3.63) is 45.9 Å². The molecule has 0 saturated heterocycles. The van der Waals surface area contributed by atoms with E-state index in [1.54, 1.807) is 4.68 Å². The highest BCUT2D eigenvalue weighted by atomic mass is 16.1. The number of aromatic amines is 1. The van der Waals surface area contributed by atoms with E-state index in [9.17, 15) is 4.79 Å². The second-order valence-corrected chi connectivity index (χ2v) is 3.83. The molecule has 0 atom stereocenters. The number of hydrogen-bond acceptors (Lipinski definition) is 1. The zero-order valence-electron chi connectivity index (χ0n) is 9.16. The minimum Gasteiger partial charge on any atom is -0.292 e. The number of H-pyrrole nitrogens is 1. The molecule has 0 amide bonds. The second kappa shape index (κ2) is 3.42. The fraction of sp³-hybridized carbons (Fsp3) is 0.250. The predicted octanol–water partition coefficient (Wildman–Crippen LogP) is 2.00. The highest BCUT2D eigenvalue weighted by Crippen LogP contribution is 2.19. The van der Waals surface area contributed by atoms with Crippen LogP contribution in [0.4, 0.5) is 0 Å². The van der Waals surface area contributed by atoms with Crippen LogP contribution in [0, 0.1) is 13.8 Å². The van der Waals surface area contributed by atoms with Crippen LogP contribution in [0.3, 0.4) is 0 Å². The summed E-state index contributed by atoms with van der Waals surface area (Å²) in [6, 6.07) is 7.99. The van der Waals surface area contributed by atoms with E-state index in [2.05, 4.69) is 5.10 Å². The van der Waals surface area contributed by atoms with Gasteiger partial charge in [-0.05, 0) is 19.4 Å². The topological polar surface area (TPSA) is 37.8 Å². The van der Waals surface area contributed by atoms with Gasteiger partial charge in [0.1, 0.15) is 0 Å². The first-order chi connectivity index (χ1) is 7.09. The number of rotatable bonds is 1.